The van der Waals surface area contributed by atoms with Crippen molar-refractivity contribution in [2.75, 3.05) is 0 Å². The van der Waals surface area contributed by atoms with Gasteiger partial charge in [0.15, 0.2) is 0 Å². The van der Waals surface area contributed by atoms with Crippen LogP contribution in [-0.4, -0.2) is 0 Å². The molecule has 0 saturated carbocycles. The van der Waals surface area contributed by atoms with Crippen LogP contribution in [0.4, 0.5) is 8.78 Å². The molecule has 0 aliphatic heterocycles. The third-order valence-corrected chi connectivity index (χ3v) is 3.15. The lowest BCUT2D eigenvalue weighted by Gasteiger charge is -2.13. The summed E-state index contributed by atoms with van der Waals surface area (Å²) >= 11 is 0. The summed E-state index contributed by atoms with van der Waals surface area (Å²) in [4.78, 5) is 0. The van der Waals surface area contributed by atoms with Crippen molar-refractivity contribution >= 4 is 0 Å². The van der Waals surface area contributed by atoms with Crippen LogP contribution in [0.25, 0.3) is 0 Å². The van der Waals surface area contributed by atoms with E-state index in [0.717, 1.165) is 29.2 Å². The third-order valence-electron chi connectivity index (χ3n) is 3.15. The average molecular weight is 265 g/mol. The van der Waals surface area contributed by atoms with Gasteiger partial charge in [0.05, 0.1) is 0 Å². The predicted octanol–water partition coefficient (Wildman–Crippen LogP) is 4.03. The van der Waals surface area contributed by atoms with Gasteiger partial charge in [-0.05, 0) is 45.0 Å². The molecule has 0 aliphatic carbocycles. The van der Waals surface area contributed by atoms with Crippen LogP contribution in [0.1, 0.15) is 35.6 Å². The first-order valence-electron chi connectivity index (χ1n) is 6.21. The summed E-state index contributed by atoms with van der Waals surface area (Å²) in [7, 11) is 0. The van der Waals surface area contributed by atoms with Gasteiger partial charge in [0.2, 0.25) is 0 Å². The van der Waals surface area contributed by atoms with E-state index in [4.69, 9.17) is 4.42 Å². The van der Waals surface area contributed by atoms with E-state index >= 15 is 0 Å². The maximum Gasteiger partial charge on any atom is 0.127 e. The Morgan fingerprint density at radius 1 is 1.21 bits per heavy atom. The second kappa shape index (κ2) is 5.53. The molecule has 1 aromatic heterocycles. The lowest BCUT2D eigenvalue weighted by molar-refractivity contribution is 0.487. The smallest absolute Gasteiger partial charge is 0.127 e. The highest BCUT2D eigenvalue weighted by Gasteiger charge is 2.13. The first kappa shape index (κ1) is 13.7. The van der Waals surface area contributed by atoms with Crippen molar-refractivity contribution in [1.82, 2.24) is 5.32 Å². The van der Waals surface area contributed by atoms with Crippen LogP contribution in [0.5, 0.6) is 0 Å². The van der Waals surface area contributed by atoms with Crippen molar-refractivity contribution < 1.29 is 13.2 Å². The van der Waals surface area contributed by atoms with Crippen LogP contribution in [-0.2, 0) is 6.54 Å². The minimum absolute atomic E-state index is 0.0140. The van der Waals surface area contributed by atoms with E-state index in [1.54, 1.807) is 0 Å². The molecular weight excluding hydrogens is 248 g/mol. The number of nitrogens with one attached hydrogen (secondary N) is 1. The maximum atomic E-state index is 13.5. The molecule has 19 heavy (non-hydrogen) atoms. The molecule has 1 aromatic carbocycles. The number of aryl methyl sites for hydroxylation is 2. The number of rotatable bonds is 4. The molecule has 2 rings (SSSR count). The molecule has 4 heteroatoms. The Labute approximate surface area is 111 Å². The number of halogens is 2. The Bertz CT molecular complexity index is 578. The Morgan fingerprint density at radius 2 is 1.95 bits per heavy atom. The molecule has 1 N–H and O–H groups in total. The first-order chi connectivity index (χ1) is 8.97. The van der Waals surface area contributed by atoms with Gasteiger partial charge < -0.3 is 9.73 Å². The molecule has 1 atom stereocenters. The summed E-state index contributed by atoms with van der Waals surface area (Å²) in [5.74, 6) is 0.859. The zero-order chi connectivity index (χ0) is 14.0. The fourth-order valence-corrected chi connectivity index (χ4v) is 2.13. The van der Waals surface area contributed by atoms with Crippen molar-refractivity contribution in [3.8, 4) is 0 Å². The van der Waals surface area contributed by atoms with Crippen LogP contribution in [0.3, 0.4) is 0 Å². The molecule has 0 aliphatic rings. The van der Waals surface area contributed by atoms with E-state index in [0.29, 0.717) is 5.56 Å². The molecule has 0 saturated heterocycles. The molecular formula is C15H17F2NO. The van der Waals surface area contributed by atoms with Gasteiger partial charge in [-0.25, -0.2) is 8.78 Å². The van der Waals surface area contributed by atoms with Gasteiger partial charge in [-0.15, -0.1) is 0 Å². The van der Waals surface area contributed by atoms with Crippen LogP contribution in [0.2, 0.25) is 0 Å². The lowest BCUT2D eigenvalue weighted by Crippen LogP contribution is -2.19. The zero-order valence-corrected chi connectivity index (χ0v) is 11.3. The van der Waals surface area contributed by atoms with Crippen LogP contribution in [0, 0.1) is 25.5 Å². The van der Waals surface area contributed by atoms with E-state index < -0.39 is 11.6 Å². The molecule has 0 spiro atoms. The monoisotopic (exact) mass is 265 g/mol. The summed E-state index contributed by atoms with van der Waals surface area (Å²) in [6.45, 7) is 6.02. The zero-order valence-electron chi connectivity index (χ0n) is 11.3. The highest BCUT2D eigenvalue weighted by Crippen LogP contribution is 2.21. The predicted molar refractivity (Wildman–Crippen MR) is 69.8 cm³/mol. The van der Waals surface area contributed by atoms with E-state index in [1.807, 2.05) is 26.8 Å². The number of hydrogen-bond donors (Lipinski definition) is 1. The highest BCUT2D eigenvalue weighted by molar-refractivity contribution is 5.24. The minimum atomic E-state index is -0.429. The summed E-state index contributed by atoms with van der Waals surface area (Å²) in [6.07, 6.45) is 0. The minimum Gasteiger partial charge on any atom is -0.466 e. The maximum absolute atomic E-state index is 13.5. The quantitative estimate of drug-likeness (QED) is 0.903. The topological polar surface area (TPSA) is 25.2 Å². The molecule has 0 fully saturated rings. The largest absolute Gasteiger partial charge is 0.466 e. The van der Waals surface area contributed by atoms with Crippen molar-refractivity contribution in [3.63, 3.8) is 0 Å². The molecule has 2 nitrogen and oxygen atoms in total. The third kappa shape index (κ3) is 3.20. The van der Waals surface area contributed by atoms with Gasteiger partial charge in [-0.1, -0.05) is 0 Å². The molecule has 0 amide bonds. The van der Waals surface area contributed by atoms with Gasteiger partial charge in [-0.3, -0.25) is 0 Å². The Morgan fingerprint density at radius 3 is 2.58 bits per heavy atom. The van der Waals surface area contributed by atoms with E-state index in [2.05, 4.69) is 5.32 Å². The van der Waals surface area contributed by atoms with Crippen LogP contribution >= 0.6 is 0 Å². The van der Waals surface area contributed by atoms with Crippen molar-refractivity contribution in [1.29, 1.82) is 0 Å². The SMILES string of the molecule is Cc1cc(C(C)NCc2cc(F)ccc2F)c(C)o1. The summed E-state index contributed by atoms with van der Waals surface area (Å²) in [5, 5.41) is 3.17. The van der Waals surface area contributed by atoms with Crippen molar-refractivity contribution in [3.05, 3.63) is 58.5 Å². The second-order valence-corrected chi connectivity index (χ2v) is 4.71. The summed E-state index contributed by atoms with van der Waals surface area (Å²) in [5.41, 5.74) is 1.36. The number of hydrogen-bond acceptors (Lipinski definition) is 2. The van der Waals surface area contributed by atoms with Gasteiger partial charge in [0, 0.05) is 23.7 Å². The number of benzene rings is 1. The molecule has 0 radical (unpaired) electrons. The van der Waals surface area contributed by atoms with E-state index in [9.17, 15) is 8.78 Å². The van der Waals surface area contributed by atoms with Crippen LogP contribution in [0.15, 0.2) is 28.7 Å². The number of furan rings is 1. The van der Waals surface area contributed by atoms with E-state index in [-0.39, 0.29) is 12.6 Å². The summed E-state index contributed by atoms with van der Waals surface area (Å²) < 4.78 is 32.0. The van der Waals surface area contributed by atoms with Crippen molar-refractivity contribution in [2.45, 2.75) is 33.4 Å². The van der Waals surface area contributed by atoms with Crippen molar-refractivity contribution in [2.24, 2.45) is 0 Å². The molecule has 102 valence electrons. The Kier molecular flexibility index (Phi) is 4.00. The summed E-state index contributed by atoms with van der Waals surface area (Å²) in [6, 6.07) is 5.44. The van der Waals surface area contributed by atoms with Gasteiger partial charge >= 0.3 is 0 Å². The lowest BCUT2D eigenvalue weighted by atomic mass is 10.1. The van der Waals surface area contributed by atoms with Gasteiger partial charge in [-0.2, -0.15) is 0 Å². The normalized spacial score (nSPS) is 12.7. The molecule has 1 unspecified atom stereocenters. The molecule has 2 aromatic rings. The standard InChI is InChI=1S/C15H17F2NO/c1-9-6-14(11(3)19-9)10(2)18-8-12-7-13(16)4-5-15(12)17/h4-7,10,18H,8H2,1-3H3. The second-order valence-electron chi connectivity index (χ2n) is 4.71. The van der Waals surface area contributed by atoms with Gasteiger partial charge in [0.25, 0.3) is 0 Å². The fraction of sp³-hybridized carbons (Fsp3) is 0.333. The average Bonchev–Trinajstić information content (AvgIpc) is 2.69. The Balaban J connectivity index is 2.06. The highest BCUT2D eigenvalue weighted by atomic mass is 19.1. The first-order valence-corrected chi connectivity index (χ1v) is 6.21. The van der Waals surface area contributed by atoms with Crippen LogP contribution < -0.4 is 5.32 Å². The van der Waals surface area contributed by atoms with E-state index in [1.165, 1.54) is 6.07 Å². The fourth-order valence-electron chi connectivity index (χ4n) is 2.13. The van der Waals surface area contributed by atoms with Gasteiger partial charge in [0.1, 0.15) is 23.2 Å². The Hall–Kier alpha value is -1.68. The molecule has 1 heterocycles. The molecule has 0 bridgehead atoms.